The highest BCUT2D eigenvalue weighted by atomic mass is 35.5. The van der Waals surface area contributed by atoms with Gasteiger partial charge in [0.25, 0.3) is 0 Å². The van der Waals surface area contributed by atoms with E-state index < -0.39 is 6.10 Å². The zero-order valence-electron chi connectivity index (χ0n) is 8.64. The number of hydrogen-bond acceptors (Lipinski definition) is 3. The van der Waals surface area contributed by atoms with Crippen LogP contribution in [0.3, 0.4) is 0 Å². The van der Waals surface area contributed by atoms with E-state index in [1.807, 2.05) is 0 Å². The maximum atomic E-state index is 10.0. The van der Waals surface area contributed by atoms with Crippen LogP contribution in [-0.4, -0.2) is 22.4 Å². The smallest absolute Gasteiger partial charge is 0.120 e. The Morgan fingerprint density at radius 3 is 2.88 bits per heavy atom. The molecule has 2 rings (SSSR count). The van der Waals surface area contributed by atoms with Crippen molar-refractivity contribution in [3.8, 4) is 5.75 Å². The minimum atomic E-state index is -0.780. The highest BCUT2D eigenvalue weighted by molar-refractivity contribution is 6.31. The van der Waals surface area contributed by atoms with E-state index in [1.54, 1.807) is 37.7 Å². The summed E-state index contributed by atoms with van der Waals surface area (Å²) in [5, 5.41) is 16.9. The number of ether oxygens (including phenoxy) is 1. The second-order valence-corrected chi connectivity index (χ2v) is 3.73. The van der Waals surface area contributed by atoms with Gasteiger partial charge in [0.15, 0.2) is 0 Å². The molecule has 5 heteroatoms. The van der Waals surface area contributed by atoms with E-state index in [1.165, 1.54) is 0 Å². The van der Waals surface area contributed by atoms with Crippen LogP contribution in [0.4, 0.5) is 0 Å². The Morgan fingerprint density at radius 2 is 2.31 bits per heavy atom. The lowest BCUT2D eigenvalue weighted by Gasteiger charge is -2.11. The number of benzene rings is 1. The summed E-state index contributed by atoms with van der Waals surface area (Å²) >= 11 is 6.05. The fourth-order valence-corrected chi connectivity index (χ4v) is 1.72. The first-order valence-electron chi connectivity index (χ1n) is 4.72. The molecule has 16 heavy (non-hydrogen) atoms. The van der Waals surface area contributed by atoms with Crippen LogP contribution in [0, 0.1) is 0 Å². The SMILES string of the molecule is COc1ccc(C(O)c2cn[nH]c2)c(Cl)c1. The van der Waals surface area contributed by atoms with Crippen LogP contribution < -0.4 is 4.74 Å². The number of aliphatic hydroxyl groups excluding tert-OH is 1. The van der Waals surface area contributed by atoms with Gasteiger partial charge < -0.3 is 9.84 Å². The first-order valence-corrected chi connectivity index (χ1v) is 5.10. The Hall–Kier alpha value is -1.52. The van der Waals surface area contributed by atoms with Gasteiger partial charge in [0.05, 0.1) is 18.3 Å². The fraction of sp³-hybridized carbons (Fsp3) is 0.182. The van der Waals surface area contributed by atoms with E-state index in [4.69, 9.17) is 16.3 Å². The summed E-state index contributed by atoms with van der Waals surface area (Å²) in [6, 6.07) is 5.16. The van der Waals surface area contributed by atoms with Gasteiger partial charge in [-0.1, -0.05) is 17.7 Å². The third-order valence-electron chi connectivity index (χ3n) is 2.34. The van der Waals surface area contributed by atoms with Gasteiger partial charge >= 0.3 is 0 Å². The molecule has 0 bridgehead atoms. The average Bonchev–Trinajstić information content (AvgIpc) is 2.81. The number of hydrogen-bond donors (Lipinski definition) is 2. The van der Waals surface area contributed by atoms with Gasteiger partial charge in [-0.25, -0.2) is 0 Å². The molecule has 1 heterocycles. The highest BCUT2D eigenvalue weighted by Gasteiger charge is 2.15. The van der Waals surface area contributed by atoms with E-state index in [0.717, 1.165) is 0 Å². The zero-order valence-corrected chi connectivity index (χ0v) is 9.40. The number of rotatable bonds is 3. The van der Waals surface area contributed by atoms with Crippen LogP contribution >= 0.6 is 11.6 Å². The second-order valence-electron chi connectivity index (χ2n) is 3.32. The van der Waals surface area contributed by atoms with Crippen molar-refractivity contribution in [2.75, 3.05) is 7.11 Å². The number of aliphatic hydroxyl groups is 1. The van der Waals surface area contributed by atoms with E-state index >= 15 is 0 Å². The Labute approximate surface area is 97.8 Å². The van der Waals surface area contributed by atoms with Gasteiger partial charge in [0, 0.05) is 17.3 Å². The van der Waals surface area contributed by atoms with Crippen LogP contribution in [0.25, 0.3) is 0 Å². The van der Waals surface area contributed by atoms with Crippen molar-refractivity contribution < 1.29 is 9.84 Å². The molecule has 1 unspecified atom stereocenters. The lowest BCUT2D eigenvalue weighted by Crippen LogP contribution is -1.99. The Bertz CT molecular complexity index is 471. The van der Waals surface area contributed by atoms with Crippen LogP contribution in [0.2, 0.25) is 5.02 Å². The van der Waals surface area contributed by atoms with Gasteiger partial charge in [-0.3, -0.25) is 5.10 Å². The third kappa shape index (κ3) is 2.03. The van der Waals surface area contributed by atoms with Gasteiger partial charge in [0.1, 0.15) is 11.9 Å². The monoisotopic (exact) mass is 238 g/mol. The van der Waals surface area contributed by atoms with Crippen LogP contribution in [0.5, 0.6) is 5.75 Å². The van der Waals surface area contributed by atoms with Crippen molar-refractivity contribution in [3.63, 3.8) is 0 Å². The molecule has 0 radical (unpaired) electrons. The number of nitrogens with one attached hydrogen (secondary N) is 1. The molecule has 0 saturated carbocycles. The van der Waals surface area contributed by atoms with E-state index in [9.17, 15) is 5.11 Å². The Kier molecular flexibility index (Phi) is 3.12. The number of methoxy groups -OCH3 is 1. The number of H-pyrrole nitrogens is 1. The minimum Gasteiger partial charge on any atom is -0.497 e. The summed E-state index contributed by atoms with van der Waals surface area (Å²) in [5.41, 5.74) is 1.30. The zero-order chi connectivity index (χ0) is 11.5. The van der Waals surface area contributed by atoms with Crippen LogP contribution in [-0.2, 0) is 0 Å². The van der Waals surface area contributed by atoms with E-state index in [2.05, 4.69) is 10.2 Å². The molecular formula is C11H11ClN2O2. The summed E-state index contributed by atoms with van der Waals surface area (Å²) in [6.45, 7) is 0. The molecule has 0 amide bonds. The maximum Gasteiger partial charge on any atom is 0.120 e. The maximum absolute atomic E-state index is 10.0. The number of aromatic nitrogens is 2. The standard InChI is InChI=1S/C11H11ClN2O2/c1-16-8-2-3-9(10(12)4-8)11(15)7-5-13-14-6-7/h2-6,11,15H,1H3,(H,13,14). The van der Waals surface area contributed by atoms with Crippen molar-refractivity contribution in [1.29, 1.82) is 0 Å². The van der Waals surface area contributed by atoms with Gasteiger partial charge in [-0.2, -0.15) is 5.10 Å². The highest BCUT2D eigenvalue weighted by Crippen LogP contribution is 2.30. The molecule has 0 saturated heterocycles. The lowest BCUT2D eigenvalue weighted by molar-refractivity contribution is 0.220. The second kappa shape index (κ2) is 4.55. The fourth-order valence-electron chi connectivity index (χ4n) is 1.45. The Balaban J connectivity index is 2.34. The molecule has 0 aliphatic carbocycles. The van der Waals surface area contributed by atoms with Crippen molar-refractivity contribution in [3.05, 3.63) is 46.7 Å². The first-order chi connectivity index (χ1) is 7.72. The quantitative estimate of drug-likeness (QED) is 0.862. The molecule has 4 nitrogen and oxygen atoms in total. The topological polar surface area (TPSA) is 58.1 Å². The summed E-state index contributed by atoms with van der Waals surface area (Å²) in [6.07, 6.45) is 2.41. The molecule has 1 aromatic carbocycles. The molecule has 2 N–H and O–H groups in total. The summed E-state index contributed by atoms with van der Waals surface area (Å²) in [4.78, 5) is 0. The van der Waals surface area contributed by atoms with E-state index in [-0.39, 0.29) is 0 Å². The normalized spacial score (nSPS) is 12.4. The van der Waals surface area contributed by atoms with Gasteiger partial charge in [0.2, 0.25) is 0 Å². The van der Waals surface area contributed by atoms with Crippen LogP contribution in [0.15, 0.2) is 30.6 Å². The molecule has 0 fully saturated rings. The summed E-state index contributed by atoms with van der Waals surface area (Å²) < 4.78 is 5.04. The van der Waals surface area contributed by atoms with Gasteiger partial charge in [-0.15, -0.1) is 0 Å². The van der Waals surface area contributed by atoms with Crippen LogP contribution in [0.1, 0.15) is 17.2 Å². The lowest BCUT2D eigenvalue weighted by atomic mass is 10.0. The predicted octanol–water partition coefficient (Wildman–Crippen LogP) is 2.15. The van der Waals surface area contributed by atoms with Crippen molar-refractivity contribution in [2.24, 2.45) is 0 Å². The molecule has 2 aromatic rings. The molecule has 0 aliphatic rings. The van der Waals surface area contributed by atoms with Gasteiger partial charge in [-0.05, 0) is 12.1 Å². The van der Waals surface area contributed by atoms with Crippen molar-refractivity contribution in [1.82, 2.24) is 10.2 Å². The minimum absolute atomic E-state index is 0.466. The van der Waals surface area contributed by atoms with E-state index in [0.29, 0.717) is 21.9 Å². The van der Waals surface area contributed by atoms with Crippen molar-refractivity contribution >= 4 is 11.6 Å². The predicted molar refractivity (Wildman–Crippen MR) is 60.7 cm³/mol. The molecule has 84 valence electrons. The molecule has 0 aliphatic heterocycles. The van der Waals surface area contributed by atoms with Crippen molar-refractivity contribution in [2.45, 2.75) is 6.10 Å². The molecular weight excluding hydrogens is 228 g/mol. The third-order valence-corrected chi connectivity index (χ3v) is 2.66. The molecule has 1 atom stereocenters. The molecule has 0 spiro atoms. The summed E-state index contributed by atoms with van der Waals surface area (Å²) in [5.74, 6) is 0.660. The average molecular weight is 239 g/mol. The number of nitrogens with zero attached hydrogens (tertiary/aromatic N) is 1. The number of halogens is 1. The molecule has 1 aromatic heterocycles. The largest absolute Gasteiger partial charge is 0.497 e. The first kappa shape index (κ1) is 11.0. The summed E-state index contributed by atoms with van der Waals surface area (Å²) in [7, 11) is 1.57. The Morgan fingerprint density at radius 1 is 1.50 bits per heavy atom. The number of aromatic amines is 1.